The summed E-state index contributed by atoms with van der Waals surface area (Å²) < 4.78 is 41.0. The first-order valence-corrected chi connectivity index (χ1v) is 5.41. The number of carboxylic acids is 1. The van der Waals surface area contributed by atoms with Crippen molar-refractivity contribution >= 4 is 12.0 Å². The first kappa shape index (κ1) is 15.1. The number of benzene rings is 1. The van der Waals surface area contributed by atoms with Crippen molar-refractivity contribution in [2.45, 2.75) is 20.0 Å². The molecule has 0 aliphatic carbocycles. The quantitative estimate of drug-likeness (QED) is 0.856. The van der Waals surface area contributed by atoms with E-state index in [4.69, 9.17) is 9.84 Å². The maximum atomic E-state index is 12.1. The highest BCUT2D eigenvalue weighted by molar-refractivity contribution is 5.85. The van der Waals surface area contributed by atoms with E-state index in [0.29, 0.717) is 16.7 Å². The highest BCUT2D eigenvalue weighted by Crippen LogP contribution is 2.27. The van der Waals surface area contributed by atoms with Crippen molar-refractivity contribution in [3.05, 3.63) is 34.9 Å². The van der Waals surface area contributed by atoms with Crippen LogP contribution in [0.5, 0.6) is 5.75 Å². The van der Waals surface area contributed by atoms with Crippen molar-refractivity contribution in [3.8, 4) is 5.75 Å². The van der Waals surface area contributed by atoms with E-state index in [2.05, 4.69) is 0 Å². The zero-order valence-electron chi connectivity index (χ0n) is 10.4. The molecule has 0 amide bonds. The van der Waals surface area contributed by atoms with E-state index >= 15 is 0 Å². The number of rotatable bonds is 4. The molecule has 0 bridgehead atoms. The van der Waals surface area contributed by atoms with Crippen LogP contribution in [0.25, 0.3) is 6.08 Å². The lowest BCUT2D eigenvalue weighted by Gasteiger charge is -2.14. The van der Waals surface area contributed by atoms with E-state index in [-0.39, 0.29) is 5.75 Å². The number of aliphatic carboxylic acids is 1. The Kier molecular flexibility index (Phi) is 4.58. The van der Waals surface area contributed by atoms with E-state index in [1.54, 1.807) is 26.0 Å². The summed E-state index contributed by atoms with van der Waals surface area (Å²) in [5.41, 5.74) is 1.64. The minimum Gasteiger partial charge on any atom is -0.484 e. The third kappa shape index (κ3) is 5.03. The Morgan fingerprint density at radius 3 is 2.26 bits per heavy atom. The van der Waals surface area contributed by atoms with Crippen LogP contribution >= 0.6 is 0 Å². The van der Waals surface area contributed by atoms with Gasteiger partial charge in [0.25, 0.3) is 0 Å². The highest BCUT2D eigenvalue weighted by atomic mass is 19.4. The summed E-state index contributed by atoms with van der Waals surface area (Å²) in [5, 5.41) is 8.51. The van der Waals surface area contributed by atoms with Crippen LogP contribution in [0.3, 0.4) is 0 Å². The number of hydrogen-bond acceptors (Lipinski definition) is 2. The third-order valence-corrected chi connectivity index (χ3v) is 2.28. The van der Waals surface area contributed by atoms with Crippen molar-refractivity contribution in [3.63, 3.8) is 0 Å². The smallest absolute Gasteiger partial charge is 0.422 e. The summed E-state index contributed by atoms with van der Waals surface area (Å²) in [6.07, 6.45) is -2.05. The number of carbonyl (C=O) groups is 1. The topological polar surface area (TPSA) is 46.5 Å². The monoisotopic (exact) mass is 274 g/mol. The lowest BCUT2D eigenvalue weighted by atomic mass is 10.1. The second-order valence-corrected chi connectivity index (χ2v) is 4.06. The van der Waals surface area contributed by atoms with Crippen molar-refractivity contribution < 1.29 is 27.8 Å². The fourth-order valence-electron chi connectivity index (χ4n) is 1.63. The average Bonchev–Trinajstić information content (AvgIpc) is 2.23. The van der Waals surface area contributed by atoms with Crippen LogP contribution in [0.4, 0.5) is 13.2 Å². The van der Waals surface area contributed by atoms with Gasteiger partial charge in [-0.2, -0.15) is 13.2 Å². The van der Waals surface area contributed by atoms with Crippen LogP contribution in [-0.4, -0.2) is 23.9 Å². The van der Waals surface area contributed by atoms with Crippen molar-refractivity contribution in [1.29, 1.82) is 0 Å². The fourth-order valence-corrected chi connectivity index (χ4v) is 1.63. The Morgan fingerprint density at radius 1 is 1.32 bits per heavy atom. The number of halogens is 3. The van der Waals surface area contributed by atoms with Crippen LogP contribution in [-0.2, 0) is 4.79 Å². The van der Waals surface area contributed by atoms with Gasteiger partial charge in [-0.3, -0.25) is 0 Å². The van der Waals surface area contributed by atoms with Gasteiger partial charge in [0.05, 0.1) is 0 Å². The number of alkyl halides is 3. The lowest BCUT2D eigenvalue weighted by molar-refractivity contribution is -0.153. The number of aryl methyl sites for hydroxylation is 2. The number of ether oxygens (including phenoxy) is 1. The zero-order valence-corrected chi connectivity index (χ0v) is 10.4. The van der Waals surface area contributed by atoms with E-state index in [0.717, 1.165) is 6.08 Å². The predicted molar refractivity (Wildman–Crippen MR) is 64.1 cm³/mol. The largest absolute Gasteiger partial charge is 0.484 e. The Hall–Kier alpha value is -1.98. The highest BCUT2D eigenvalue weighted by Gasteiger charge is 2.28. The van der Waals surface area contributed by atoms with E-state index < -0.39 is 18.8 Å². The molecule has 6 heteroatoms. The Morgan fingerprint density at radius 2 is 1.84 bits per heavy atom. The van der Waals surface area contributed by atoms with Crippen LogP contribution in [0.1, 0.15) is 16.7 Å². The second kappa shape index (κ2) is 5.77. The molecule has 0 unspecified atom stereocenters. The lowest BCUT2D eigenvalue weighted by Crippen LogP contribution is -2.20. The second-order valence-electron chi connectivity index (χ2n) is 4.06. The van der Waals surface area contributed by atoms with Gasteiger partial charge in [-0.15, -0.1) is 0 Å². The SMILES string of the molecule is Cc1cc(/C=C/C(=O)O)cc(C)c1OCC(F)(F)F. The molecule has 1 rings (SSSR count). The summed E-state index contributed by atoms with van der Waals surface area (Å²) in [4.78, 5) is 10.4. The summed E-state index contributed by atoms with van der Waals surface area (Å²) in [7, 11) is 0. The van der Waals surface area contributed by atoms with Gasteiger partial charge in [0.1, 0.15) is 5.75 Å². The van der Waals surface area contributed by atoms with Gasteiger partial charge in [-0.1, -0.05) is 0 Å². The molecule has 1 N–H and O–H groups in total. The van der Waals surface area contributed by atoms with Gasteiger partial charge >= 0.3 is 12.1 Å². The van der Waals surface area contributed by atoms with Crippen LogP contribution in [0, 0.1) is 13.8 Å². The van der Waals surface area contributed by atoms with Gasteiger partial charge in [-0.05, 0) is 48.7 Å². The summed E-state index contributed by atoms with van der Waals surface area (Å²) >= 11 is 0. The molecule has 3 nitrogen and oxygen atoms in total. The molecule has 0 spiro atoms. The van der Waals surface area contributed by atoms with Crippen molar-refractivity contribution in [2.75, 3.05) is 6.61 Å². The zero-order chi connectivity index (χ0) is 14.6. The molecule has 0 aliphatic rings. The molecular weight excluding hydrogens is 261 g/mol. The molecule has 0 heterocycles. The molecule has 0 aliphatic heterocycles. The molecular formula is C13H13F3O3. The fraction of sp³-hybridized carbons (Fsp3) is 0.308. The third-order valence-electron chi connectivity index (χ3n) is 2.28. The van der Waals surface area contributed by atoms with E-state index in [1.165, 1.54) is 6.08 Å². The molecule has 1 aromatic rings. The maximum Gasteiger partial charge on any atom is 0.422 e. The molecule has 0 atom stereocenters. The van der Waals surface area contributed by atoms with E-state index in [9.17, 15) is 18.0 Å². The molecule has 0 aromatic heterocycles. The minimum atomic E-state index is -4.39. The summed E-state index contributed by atoms with van der Waals surface area (Å²) in [6.45, 7) is 1.87. The van der Waals surface area contributed by atoms with E-state index in [1.807, 2.05) is 0 Å². The number of carboxylic acid groups (broad SMARTS) is 1. The Bertz CT molecular complexity index is 481. The van der Waals surface area contributed by atoms with Gasteiger partial charge in [0.2, 0.25) is 0 Å². The first-order valence-electron chi connectivity index (χ1n) is 5.41. The van der Waals surface area contributed by atoms with Gasteiger partial charge in [0, 0.05) is 6.08 Å². The molecule has 19 heavy (non-hydrogen) atoms. The summed E-state index contributed by atoms with van der Waals surface area (Å²) in [5.74, 6) is -0.919. The Labute approximate surface area is 108 Å². The summed E-state index contributed by atoms with van der Waals surface area (Å²) in [6, 6.07) is 3.14. The van der Waals surface area contributed by atoms with Crippen LogP contribution in [0.15, 0.2) is 18.2 Å². The molecule has 104 valence electrons. The molecule has 0 saturated carbocycles. The maximum absolute atomic E-state index is 12.1. The number of hydrogen-bond donors (Lipinski definition) is 1. The van der Waals surface area contributed by atoms with Gasteiger partial charge in [-0.25, -0.2) is 4.79 Å². The predicted octanol–water partition coefficient (Wildman–Crippen LogP) is 3.34. The van der Waals surface area contributed by atoms with Crippen molar-refractivity contribution in [2.24, 2.45) is 0 Å². The minimum absolute atomic E-state index is 0.171. The van der Waals surface area contributed by atoms with Gasteiger partial charge < -0.3 is 9.84 Å². The van der Waals surface area contributed by atoms with Crippen molar-refractivity contribution in [1.82, 2.24) is 0 Å². The molecule has 0 radical (unpaired) electrons. The normalized spacial score (nSPS) is 11.8. The van der Waals surface area contributed by atoms with Gasteiger partial charge in [0.15, 0.2) is 6.61 Å². The first-order chi connectivity index (χ1) is 8.69. The van der Waals surface area contributed by atoms with Crippen LogP contribution < -0.4 is 4.74 Å². The molecule has 1 aromatic carbocycles. The molecule has 0 fully saturated rings. The standard InChI is InChI=1S/C13H13F3O3/c1-8-5-10(3-4-11(17)18)6-9(2)12(8)19-7-13(14,15)16/h3-6H,7H2,1-2H3,(H,17,18)/b4-3+. The Balaban J connectivity index is 2.94. The van der Waals surface area contributed by atoms with Crippen LogP contribution in [0.2, 0.25) is 0 Å². The average molecular weight is 274 g/mol. The molecule has 0 saturated heterocycles.